The Labute approximate surface area is 91.8 Å². The lowest BCUT2D eigenvalue weighted by atomic mass is 10.0. The number of carbonyl (C=O) groups is 1. The Morgan fingerprint density at radius 1 is 1.20 bits per heavy atom. The van der Waals surface area contributed by atoms with Crippen LogP contribution in [0.4, 0.5) is 0 Å². The summed E-state index contributed by atoms with van der Waals surface area (Å²) in [7, 11) is 0. The number of nitrogens with two attached hydrogens (primary N) is 1. The van der Waals surface area contributed by atoms with Crippen molar-refractivity contribution in [1.29, 1.82) is 0 Å². The Kier molecular flexibility index (Phi) is 3.29. The summed E-state index contributed by atoms with van der Waals surface area (Å²) < 4.78 is 0. The van der Waals surface area contributed by atoms with E-state index in [1.165, 1.54) is 12.8 Å². The molecule has 4 atom stereocenters. The second kappa shape index (κ2) is 4.52. The van der Waals surface area contributed by atoms with Crippen LogP contribution in [0.1, 0.15) is 45.4 Å². The molecule has 2 fully saturated rings. The first-order valence-electron chi connectivity index (χ1n) is 6.24. The molecule has 86 valence electrons. The molecule has 2 aliphatic carbocycles. The van der Waals surface area contributed by atoms with Gasteiger partial charge in [0.15, 0.2) is 0 Å². The van der Waals surface area contributed by atoms with E-state index in [0.717, 1.165) is 25.7 Å². The van der Waals surface area contributed by atoms with Crippen molar-refractivity contribution >= 4 is 5.91 Å². The van der Waals surface area contributed by atoms with E-state index in [4.69, 9.17) is 5.73 Å². The Morgan fingerprint density at radius 3 is 2.47 bits per heavy atom. The molecule has 0 aromatic heterocycles. The normalized spacial score (nSPS) is 40.7. The first-order valence-corrected chi connectivity index (χ1v) is 6.24. The van der Waals surface area contributed by atoms with Gasteiger partial charge in [-0.15, -0.1) is 0 Å². The summed E-state index contributed by atoms with van der Waals surface area (Å²) in [5, 5.41) is 3.18. The fourth-order valence-electron chi connectivity index (χ4n) is 2.96. The molecule has 2 rings (SSSR count). The molecule has 0 heterocycles. The fraction of sp³-hybridized carbons (Fsp3) is 0.917. The predicted molar refractivity (Wildman–Crippen MR) is 60.3 cm³/mol. The summed E-state index contributed by atoms with van der Waals surface area (Å²) in [6, 6.07) is 0.506. The maximum Gasteiger partial charge on any atom is 0.224 e. The van der Waals surface area contributed by atoms with E-state index >= 15 is 0 Å². The van der Waals surface area contributed by atoms with E-state index in [-0.39, 0.29) is 17.9 Å². The number of hydrogen-bond acceptors (Lipinski definition) is 2. The monoisotopic (exact) mass is 210 g/mol. The van der Waals surface area contributed by atoms with Gasteiger partial charge >= 0.3 is 0 Å². The van der Waals surface area contributed by atoms with Crippen molar-refractivity contribution in [3.05, 3.63) is 0 Å². The minimum absolute atomic E-state index is 0.0813. The number of nitrogens with one attached hydrogen (secondary N) is 1. The molecule has 0 aliphatic heterocycles. The lowest BCUT2D eigenvalue weighted by Crippen LogP contribution is -2.44. The number of carbonyl (C=O) groups excluding carboxylic acids is 1. The van der Waals surface area contributed by atoms with Gasteiger partial charge < -0.3 is 11.1 Å². The minimum atomic E-state index is 0.0813. The van der Waals surface area contributed by atoms with E-state index in [0.29, 0.717) is 12.0 Å². The molecule has 3 heteroatoms. The smallest absolute Gasteiger partial charge is 0.224 e. The Morgan fingerprint density at radius 2 is 1.93 bits per heavy atom. The second-order valence-electron chi connectivity index (χ2n) is 5.22. The molecule has 4 unspecified atom stereocenters. The van der Waals surface area contributed by atoms with Crippen LogP contribution in [0.25, 0.3) is 0 Å². The van der Waals surface area contributed by atoms with Gasteiger partial charge in [0.25, 0.3) is 0 Å². The van der Waals surface area contributed by atoms with Crippen LogP contribution >= 0.6 is 0 Å². The van der Waals surface area contributed by atoms with E-state index in [9.17, 15) is 4.79 Å². The van der Waals surface area contributed by atoms with Crippen molar-refractivity contribution in [3.8, 4) is 0 Å². The van der Waals surface area contributed by atoms with Crippen molar-refractivity contribution in [2.75, 3.05) is 0 Å². The van der Waals surface area contributed by atoms with Crippen molar-refractivity contribution in [3.63, 3.8) is 0 Å². The quantitative estimate of drug-likeness (QED) is 0.724. The maximum absolute atomic E-state index is 12.0. The van der Waals surface area contributed by atoms with Gasteiger partial charge in [-0.25, -0.2) is 0 Å². The summed E-state index contributed by atoms with van der Waals surface area (Å²) >= 11 is 0. The third kappa shape index (κ3) is 2.33. The molecular formula is C12H22N2O. The van der Waals surface area contributed by atoms with E-state index in [1.54, 1.807) is 0 Å². The molecule has 2 aliphatic rings. The molecule has 0 saturated heterocycles. The maximum atomic E-state index is 12.0. The van der Waals surface area contributed by atoms with E-state index < -0.39 is 0 Å². The molecule has 15 heavy (non-hydrogen) atoms. The molecule has 1 amide bonds. The summed E-state index contributed by atoms with van der Waals surface area (Å²) in [5.74, 6) is 0.933. The Balaban J connectivity index is 1.86. The molecule has 0 aromatic carbocycles. The number of rotatable bonds is 2. The van der Waals surface area contributed by atoms with Crippen molar-refractivity contribution in [1.82, 2.24) is 5.32 Å². The standard InChI is InChI=1S/C12H22N2O/c1-8-4-2-7-11(8)14-12(15)9-5-3-6-10(9)13/h8-11H,2-7,13H2,1H3,(H,14,15). The molecule has 3 nitrogen and oxygen atoms in total. The van der Waals surface area contributed by atoms with Gasteiger partial charge in [-0.1, -0.05) is 19.8 Å². The zero-order valence-corrected chi connectivity index (χ0v) is 9.54. The molecule has 0 aromatic rings. The average Bonchev–Trinajstić information content (AvgIpc) is 2.76. The SMILES string of the molecule is CC1CCCC1NC(=O)C1CCCC1N. The summed E-state index contributed by atoms with van der Waals surface area (Å²) in [5.41, 5.74) is 5.93. The van der Waals surface area contributed by atoms with Crippen molar-refractivity contribution < 1.29 is 4.79 Å². The van der Waals surface area contributed by atoms with Gasteiger partial charge in [-0.3, -0.25) is 4.79 Å². The number of amides is 1. The van der Waals surface area contributed by atoms with E-state index in [2.05, 4.69) is 12.2 Å². The molecule has 3 N–H and O–H groups in total. The largest absolute Gasteiger partial charge is 0.353 e. The first-order chi connectivity index (χ1) is 7.18. The van der Waals surface area contributed by atoms with Crippen LogP contribution in [0, 0.1) is 11.8 Å². The van der Waals surface area contributed by atoms with Gasteiger partial charge in [0.05, 0.1) is 5.92 Å². The highest BCUT2D eigenvalue weighted by Crippen LogP contribution is 2.28. The third-order valence-corrected chi connectivity index (χ3v) is 4.10. The zero-order chi connectivity index (χ0) is 10.8. The predicted octanol–water partition coefficient (Wildman–Crippen LogP) is 1.42. The van der Waals surface area contributed by atoms with Gasteiger partial charge in [-0.2, -0.15) is 0 Å². The van der Waals surface area contributed by atoms with Crippen LogP contribution < -0.4 is 11.1 Å². The van der Waals surface area contributed by atoms with Gasteiger partial charge in [0.2, 0.25) is 5.91 Å². The second-order valence-corrected chi connectivity index (χ2v) is 5.22. The van der Waals surface area contributed by atoms with Gasteiger partial charge in [-0.05, 0) is 31.6 Å². The molecular weight excluding hydrogens is 188 g/mol. The van der Waals surface area contributed by atoms with Crippen LogP contribution in [0.15, 0.2) is 0 Å². The molecule has 0 spiro atoms. The van der Waals surface area contributed by atoms with Crippen LogP contribution in [0.3, 0.4) is 0 Å². The van der Waals surface area contributed by atoms with E-state index in [1.807, 2.05) is 0 Å². The van der Waals surface area contributed by atoms with Gasteiger partial charge in [0.1, 0.15) is 0 Å². The van der Waals surface area contributed by atoms with Crippen LogP contribution in [0.5, 0.6) is 0 Å². The number of hydrogen-bond donors (Lipinski definition) is 2. The van der Waals surface area contributed by atoms with Gasteiger partial charge in [0, 0.05) is 12.1 Å². The topological polar surface area (TPSA) is 55.1 Å². The lowest BCUT2D eigenvalue weighted by Gasteiger charge is -2.21. The molecule has 0 radical (unpaired) electrons. The van der Waals surface area contributed by atoms with Crippen molar-refractivity contribution in [2.24, 2.45) is 17.6 Å². The summed E-state index contributed by atoms with van der Waals surface area (Å²) in [4.78, 5) is 12.0. The highest BCUT2D eigenvalue weighted by molar-refractivity contribution is 5.80. The van der Waals surface area contributed by atoms with Crippen LogP contribution in [0.2, 0.25) is 0 Å². The lowest BCUT2D eigenvalue weighted by molar-refractivity contribution is -0.126. The summed E-state index contributed by atoms with van der Waals surface area (Å²) in [6.45, 7) is 2.23. The first kappa shape index (κ1) is 10.9. The van der Waals surface area contributed by atoms with Crippen LogP contribution in [-0.4, -0.2) is 18.0 Å². The molecule has 0 bridgehead atoms. The summed E-state index contributed by atoms with van der Waals surface area (Å²) in [6.07, 6.45) is 6.76. The Hall–Kier alpha value is -0.570. The zero-order valence-electron chi connectivity index (χ0n) is 9.54. The minimum Gasteiger partial charge on any atom is -0.353 e. The molecule has 2 saturated carbocycles. The highest BCUT2D eigenvalue weighted by Gasteiger charge is 2.33. The fourth-order valence-corrected chi connectivity index (χ4v) is 2.96. The Bertz CT molecular complexity index is 242. The third-order valence-electron chi connectivity index (χ3n) is 4.10. The highest BCUT2D eigenvalue weighted by atomic mass is 16.2. The average molecular weight is 210 g/mol. The van der Waals surface area contributed by atoms with Crippen molar-refractivity contribution in [2.45, 2.75) is 57.5 Å². The van der Waals surface area contributed by atoms with Crippen LogP contribution in [-0.2, 0) is 4.79 Å².